The molecule has 23 heavy (non-hydrogen) atoms. The lowest BCUT2D eigenvalue weighted by molar-refractivity contribution is -0.117. The molecule has 1 aliphatic carbocycles. The summed E-state index contributed by atoms with van der Waals surface area (Å²) in [5, 5.41) is 16.0. The standard InChI is InChI=1S/C17H21N3O2S/c1-12(11-22-14-6-4-3-5-7-14)19-16(21)15(10-18)17(23-2)20-13-8-9-13/h3-7,12-13,20H,8-9,11H2,1-2H3,(H,19,21)/b17-15+. The highest BCUT2D eigenvalue weighted by atomic mass is 32.2. The van der Waals surface area contributed by atoms with E-state index in [4.69, 9.17) is 4.74 Å². The zero-order valence-corrected chi connectivity index (χ0v) is 14.2. The molecule has 2 N–H and O–H groups in total. The predicted molar refractivity (Wildman–Crippen MR) is 91.9 cm³/mol. The number of rotatable bonds is 8. The molecule has 0 aliphatic heterocycles. The summed E-state index contributed by atoms with van der Waals surface area (Å²) in [6, 6.07) is 11.6. The normalized spacial score (nSPS) is 15.9. The Hall–Kier alpha value is -2.13. The Balaban J connectivity index is 1.90. The summed E-state index contributed by atoms with van der Waals surface area (Å²) in [6.07, 6.45) is 4.04. The molecule has 0 heterocycles. The van der Waals surface area contributed by atoms with Crippen molar-refractivity contribution in [3.63, 3.8) is 0 Å². The van der Waals surface area contributed by atoms with Crippen molar-refractivity contribution in [3.8, 4) is 11.8 Å². The lowest BCUT2D eigenvalue weighted by Gasteiger charge is -2.16. The Kier molecular flexibility index (Phi) is 6.36. The molecule has 1 fully saturated rings. The van der Waals surface area contributed by atoms with Crippen LogP contribution in [0.25, 0.3) is 0 Å². The number of thioether (sulfide) groups is 1. The fourth-order valence-corrected chi connectivity index (χ4v) is 2.55. The molecule has 1 atom stereocenters. The Morgan fingerprint density at radius 2 is 2.13 bits per heavy atom. The smallest absolute Gasteiger partial charge is 0.264 e. The minimum atomic E-state index is -0.367. The first-order valence-corrected chi connectivity index (χ1v) is 8.80. The summed E-state index contributed by atoms with van der Waals surface area (Å²) >= 11 is 1.39. The van der Waals surface area contributed by atoms with Gasteiger partial charge in [-0.2, -0.15) is 5.26 Å². The van der Waals surface area contributed by atoms with Gasteiger partial charge in [-0.25, -0.2) is 0 Å². The number of amides is 1. The number of hydrogen-bond acceptors (Lipinski definition) is 5. The molecule has 0 saturated heterocycles. The number of hydrogen-bond donors (Lipinski definition) is 2. The van der Waals surface area contributed by atoms with Crippen molar-refractivity contribution in [2.45, 2.75) is 31.8 Å². The van der Waals surface area contributed by atoms with Gasteiger partial charge in [-0.1, -0.05) is 18.2 Å². The van der Waals surface area contributed by atoms with Gasteiger partial charge < -0.3 is 15.4 Å². The second-order valence-electron chi connectivity index (χ2n) is 5.44. The molecule has 0 radical (unpaired) electrons. The summed E-state index contributed by atoms with van der Waals surface area (Å²) in [6.45, 7) is 2.20. The average Bonchev–Trinajstić information content (AvgIpc) is 3.37. The van der Waals surface area contributed by atoms with Gasteiger partial charge in [0, 0.05) is 6.04 Å². The zero-order valence-electron chi connectivity index (χ0n) is 13.3. The van der Waals surface area contributed by atoms with Crippen LogP contribution in [-0.4, -0.2) is 30.9 Å². The molecule has 0 bridgehead atoms. The fraction of sp³-hybridized carbons (Fsp3) is 0.412. The number of para-hydroxylation sites is 1. The zero-order chi connectivity index (χ0) is 16.7. The summed E-state index contributed by atoms with van der Waals surface area (Å²) in [5.74, 6) is 0.388. The van der Waals surface area contributed by atoms with Crippen molar-refractivity contribution >= 4 is 17.7 Å². The maximum absolute atomic E-state index is 12.3. The molecule has 1 unspecified atom stereocenters. The van der Waals surface area contributed by atoms with Crippen LogP contribution in [0.2, 0.25) is 0 Å². The minimum Gasteiger partial charge on any atom is -0.491 e. The molecule has 0 spiro atoms. The molecule has 2 rings (SSSR count). The fourth-order valence-electron chi connectivity index (χ4n) is 1.93. The number of carbonyl (C=O) groups is 1. The number of benzene rings is 1. The summed E-state index contributed by atoms with van der Waals surface area (Å²) in [7, 11) is 0. The van der Waals surface area contributed by atoms with E-state index in [2.05, 4.69) is 10.6 Å². The predicted octanol–water partition coefficient (Wildman–Crippen LogP) is 2.42. The van der Waals surface area contributed by atoms with Gasteiger partial charge in [-0.15, -0.1) is 11.8 Å². The van der Waals surface area contributed by atoms with Gasteiger partial charge in [-0.3, -0.25) is 4.79 Å². The molecule has 1 aromatic carbocycles. The van der Waals surface area contributed by atoms with Crippen molar-refractivity contribution in [2.24, 2.45) is 0 Å². The molecule has 1 amide bonds. The van der Waals surface area contributed by atoms with E-state index < -0.39 is 0 Å². The largest absolute Gasteiger partial charge is 0.491 e. The van der Waals surface area contributed by atoms with Crippen LogP contribution in [0.4, 0.5) is 0 Å². The minimum absolute atomic E-state index is 0.135. The van der Waals surface area contributed by atoms with Gasteiger partial charge in [0.25, 0.3) is 5.91 Å². The molecule has 122 valence electrons. The molecule has 5 nitrogen and oxygen atoms in total. The van der Waals surface area contributed by atoms with Crippen LogP contribution in [0.3, 0.4) is 0 Å². The first kappa shape index (κ1) is 17.2. The van der Waals surface area contributed by atoms with E-state index in [1.165, 1.54) is 11.8 Å². The summed E-state index contributed by atoms with van der Waals surface area (Å²) < 4.78 is 5.61. The van der Waals surface area contributed by atoms with Crippen LogP contribution >= 0.6 is 11.8 Å². The lowest BCUT2D eigenvalue weighted by atomic mass is 10.2. The number of ether oxygens (including phenoxy) is 1. The van der Waals surface area contributed by atoms with Gasteiger partial charge in [-0.05, 0) is 38.2 Å². The molecular weight excluding hydrogens is 310 g/mol. The van der Waals surface area contributed by atoms with Gasteiger partial charge in [0.15, 0.2) is 0 Å². The molecule has 1 saturated carbocycles. The third-order valence-corrected chi connectivity index (χ3v) is 4.03. The monoisotopic (exact) mass is 331 g/mol. The van der Waals surface area contributed by atoms with E-state index in [0.29, 0.717) is 17.7 Å². The number of nitrogens with zero attached hydrogens (tertiary/aromatic N) is 1. The Labute approximate surface area is 141 Å². The van der Waals surface area contributed by atoms with Crippen LogP contribution in [-0.2, 0) is 4.79 Å². The van der Waals surface area contributed by atoms with Crippen molar-refractivity contribution in [1.29, 1.82) is 5.26 Å². The molecule has 1 aliphatic rings. The highest BCUT2D eigenvalue weighted by Gasteiger charge is 2.25. The molecule has 0 aromatic heterocycles. The molecule has 1 aromatic rings. The summed E-state index contributed by atoms with van der Waals surface area (Å²) in [5.41, 5.74) is 0.135. The van der Waals surface area contributed by atoms with Crippen LogP contribution in [0, 0.1) is 11.3 Å². The SMILES string of the molecule is CS/C(NC1CC1)=C(\C#N)C(=O)NC(C)COc1ccccc1. The van der Waals surface area contributed by atoms with Crippen LogP contribution in [0.5, 0.6) is 5.75 Å². The highest BCUT2D eigenvalue weighted by Crippen LogP contribution is 2.24. The van der Waals surface area contributed by atoms with Crippen LogP contribution < -0.4 is 15.4 Å². The van der Waals surface area contributed by atoms with Crippen molar-refractivity contribution in [3.05, 3.63) is 40.9 Å². The number of nitrogens with one attached hydrogen (secondary N) is 2. The van der Waals surface area contributed by atoms with E-state index in [1.54, 1.807) is 0 Å². The lowest BCUT2D eigenvalue weighted by Crippen LogP contribution is -2.38. The van der Waals surface area contributed by atoms with E-state index in [9.17, 15) is 10.1 Å². The van der Waals surface area contributed by atoms with Gasteiger partial charge >= 0.3 is 0 Å². The van der Waals surface area contributed by atoms with Gasteiger partial charge in [0.05, 0.1) is 11.1 Å². The Morgan fingerprint density at radius 3 is 2.70 bits per heavy atom. The van der Waals surface area contributed by atoms with E-state index in [1.807, 2.05) is 49.6 Å². The third kappa shape index (κ3) is 5.53. The summed E-state index contributed by atoms with van der Waals surface area (Å²) in [4.78, 5) is 12.3. The highest BCUT2D eigenvalue weighted by molar-refractivity contribution is 8.02. The maximum Gasteiger partial charge on any atom is 0.264 e. The topological polar surface area (TPSA) is 74.2 Å². The second kappa shape index (κ2) is 8.49. The Morgan fingerprint density at radius 1 is 1.43 bits per heavy atom. The first-order valence-electron chi connectivity index (χ1n) is 7.57. The van der Waals surface area contributed by atoms with Gasteiger partial charge in [0.1, 0.15) is 24.0 Å². The number of carbonyl (C=O) groups excluding carboxylic acids is 1. The third-order valence-electron chi connectivity index (χ3n) is 3.30. The second-order valence-corrected chi connectivity index (χ2v) is 6.25. The van der Waals surface area contributed by atoms with Gasteiger partial charge in [0.2, 0.25) is 0 Å². The van der Waals surface area contributed by atoms with E-state index in [-0.39, 0.29) is 17.5 Å². The average molecular weight is 331 g/mol. The molecular formula is C17H21N3O2S. The van der Waals surface area contributed by atoms with Crippen LogP contribution in [0.1, 0.15) is 19.8 Å². The maximum atomic E-state index is 12.3. The van der Waals surface area contributed by atoms with Crippen molar-refractivity contribution in [2.75, 3.05) is 12.9 Å². The first-order chi connectivity index (χ1) is 11.1. The Bertz CT molecular complexity index is 606. The van der Waals surface area contributed by atoms with Crippen LogP contribution in [0.15, 0.2) is 40.9 Å². The van der Waals surface area contributed by atoms with Crippen molar-refractivity contribution < 1.29 is 9.53 Å². The molecule has 6 heteroatoms. The van der Waals surface area contributed by atoms with E-state index >= 15 is 0 Å². The number of nitriles is 1. The van der Waals surface area contributed by atoms with Crippen molar-refractivity contribution in [1.82, 2.24) is 10.6 Å². The van der Waals surface area contributed by atoms with E-state index in [0.717, 1.165) is 18.6 Å². The quantitative estimate of drug-likeness (QED) is 0.565.